The fourth-order valence-electron chi connectivity index (χ4n) is 7.36. The number of rotatable bonds is 45. The van der Waals surface area contributed by atoms with Crippen molar-refractivity contribution >= 4 is 11.9 Å². The van der Waals surface area contributed by atoms with Crippen LogP contribution < -0.4 is 5.32 Å². The van der Waals surface area contributed by atoms with Gasteiger partial charge in [-0.1, -0.05) is 221 Å². The molecule has 0 radical (unpaired) electrons. The predicted octanol–water partition coefficient (Wildman–Crippen LogP) is 15.6. The van der Waals surface area contributed by atoms with Gasteiger partial charge in [-0.2, -0.15) is 0 Å². The van der Waals surface area contributed by atoms with Gasteiger partial charge in [-0.05, 0) is 83.5 Å². The second kappa shape index (κ2) is 49.1. The van der Waals surface area contributed by atoms with Crippen LogP contribution in [-0.2, 0) is 14.3 Å². The van der Waals surface area contributed by atoms with E-state index in [1.165, 1.54) is 89.9 Å². The van der Waals surface area contributed by atoms with E-state index in [0.29, 0.717) is 19.3 Å². The summed E-state index contributed by atoms with van der Waals surface area (Å²) in [7, 11) is 0. The van der Waals surface area contributed by atoms with Crippen LogP contribution in [0.15, 0.2) is 85.1 Å². The maximum atomic E-state index is 13.2. The number of carbonyl (C=O) groups is 2. The zero-order valence-electron chi connectivity index (χ0n) is 40.5. The molecular weight excluding hydrogens is 767 g/mol. The van der Waals surface area contributed by atoms with E-state index >= 15 is 0 Å². The van der Waals surface area contributed by atoms with Crippen molar-refractivity contribution in [2.45, 2.75) is 251 Å². The Morgan fingerprint density at radius 1 is 0.500 bits per heavy atom. The second-order valence-corrected chi connectivity index (χ2v) is 17.2. The molecule has 0 heterocycles. The Hall–Kier alpha value is -2.96. The summed E-state index contributed by atoms with van der Waals surface area (Å²) in [4.78, 5) is 26.1. The standard InChI is InChI=1S/C56H97NO5/c1-4-7-10-13-16-19-22-25-26-27-28-31-32-35-38-41-44-47-52(62-56(61)49-46-43-40-37-34-30-24-21-18-15-12-9-6-3)50-55(60)57-53(51-58)54(59)48-45-42-39-36-33-29-23-20-17-14-11-8-5-2/h9,12,15-16,18-19,21,24-26,28,31,35,38,52-54,58-59H,4-8,10-11,13-14,17,20,22-23,27,29-30,32-34,36-37,39-51H2,1-3H3,(H,57,60)/b12-9+,18-15+,19-16-,24-21-,26-25-,31-28-,38-35-. The average molecular weight is 864 g/mol. The summed E-state index contributed by atoms with van der Waals surface area (Å²) in [5.74, 6) is -0.556. The monoisotopic (exact) mass is 864 g/mol. The highest BCUT2D eigenvalue weighted by atomic mass is 16.5. The Morgan fingerprint density at radius 3 is 1.52 bits per heavy atom. The molecule has 0 saturated heterocycles. The largest absolute Gasteiger partial charge is 0.462 e. The highest BCUT2D eigenvalue weighted by Gasteiger charge is 2.24. The number of nitrogens with one attached hydrogen (secondary N) is 1. The Morgan fingerprint density at radius 2 is 0.952 bits per heavy atom. The highest BCUT2D eigenvalue weighted by Crippen LogP contribution is 2.17. The fourth-order valence-corrected chi connectivity index (χ4v) is 7.36. The first kappa shape index (κ1) is 59.0. The fraction of sp³-hybridized carbons (Fsp3) is 0.714. The smallest absolute Gasteiger partial charge is 0.306 e. The topological polar surface area (TPSA) is 95.9 Å². The zero-order chi connectivity index (χ0) is 45.2. The molecule has 62 heavy (non-hydrogen) atoms. The number of carbonyl (C=O) groups excluding carboxylic acids is 2. The SMILES string of the molecule is CC/C=C/C=C/C=C\CCCCCCCC(=O)OC(CCC/C=C\C/C=C\C/C=C\C/C=C\CCCCC)CC(=O)NC(CO)C(O)CCCCCCCCCCCCCCC. The van der Waals surface area contributed by atoms with E-state index in [1.54, 1.807) is 0 Å². The number of allylic oxidation sites excluding steroid dienone is 14. The Kier molecular flexibility index (Phi) is 46.7. The van der Waals surface area contributed by atoms with Crippen LogP contribution >= 0.6 is 0 Å². The third kappa shape index (κ3) is 43.7. The van der Waals surface area contributed by atoms with E-state index in [4.69, 9.17) is 4.74 Å². The molecule has 0 spiro atoms. The minimum atomic E-state index is -0.809. The van der Waals surface area contributed by atoms with Crippen LogP contribution in [0.25, 0.3) is 0 Å². The van der Waals surface area contributed by atoms with Gasteiger partial charge in [-0.25, -0.2) is 0 Å². The van der Waals surface area contributed by atoms with Crippen molar-refractivity contribution in [2.75, 3.05) is 6.61 Å². The van der Waals surface area contributed by atoms with Gasteiger partial charge < -0.3 is 20.3 Å². The third-order valence-corrected chi connectivity index (χ3v) is 11.3. The molecule has 3 unspecified atom stereocenters. The van der Waals surface area contributed by atoms with E-state index in [9.17, 15) is 19.8 Å². The van der Waals surface area contributed by atoms with Crippen LogP contribution in [0.1, 0.15) is 233 Å². The quantitative estimate of drug-likeness (QED) is 0.0245. The summed E-state index contributed by atoms with van der Waals surface area (Å²) >= 11 is 0. The van der Waals surface area contributed by atoms with E-state index in [0.717, 1.165) is 96.3 Å². The average Bonchev–Trinajstić information content (AvgIpc) is 3.26. The number of esters is 1. The summed E-state index contributed by atoms with van der Waals surface area (Å²) in [6.07, 6.45) is 63.6. The van der Waals surface area contributed by atoms with Gasteiger partial charge in [0, 0.05) is 6.42 Å². The number of unbranched alkanes of at least 4 members (excludes halogenated alkanes) is 21. The number of ether oxygens (including phenoxy) is 1. The van der Waals surface area contributed by atoms with Gasteiger partial charge in [0.05, 0.1) is 25.2 Å². The molecule has 3 N–H and O–H groups in total. The lowest BCUT2D eigenvalue weighted by Gasteiger charge is -2.24. The maximum Gasteiger partial charge on any atom is 0.306 e. The van der Waals surface area contributed by atoms with E-state index in [1.807, 2.05) is 0 Å². The van der Waals surface area contributed by atoms with Gasteiger partial charge in [0.2, 0.25) is 5.91 Å². The number of hydrogen-bond acceptors (Lipinski definition) is 5. The molecule has 1 amide bonds. The number of amides is 1. The Bertz CT molecular complexity index is 1200. The lowest BCUT2D eigenvalue weighted by atomic mass is 10.0. The number of hydrogen-bond donors (Lipinski definition) is 3. The van der Waals surface area contributed by atoms with Gasteiger partial charge in [0.1, 0.15) is 6.10 Å². The molecule has 0 saturated carbocycles. The highest BCUT2D eigenvalue weighted by molar-refractivity contribution is 5.77. The number of aliphatic hydroxyl groups excluding tert-OH is 2. The van der Waals surface area contributed by atoms with Crippen molar-refractivity contribution in [3.05, 3.63) is 85.1 Å². The first-order chi connectivity index (χ1) is 30.5. The van der Waals surface area contributed by atoms with Crippen LogP contribution in [0.4, 0.5) is 0 Å². The molecule has 0 bridgehead atoms. The molecule has 3 atom stereocenters. The number of aliphatic hydroxyl groups is 2. The molecular formula is C56H97NO5. The molecule has 0 aliphatic carbocycles. The van der Waals surface area contributed by atoms with E-state index in [-0.39, 0.29) is 24.9 Å². The van der Waals surface area contributed by atoms with E-state index in [2.05, 4.69) is 111 Å². The lowest BCUT2D eigenvalue weighted by Crippen LogP contribution is -2.46. The van der Waals surface area contributed by atoms with Gasteiger partial charge in [-0.15, -0.1) is 0 Å². The minimum absolute atomic E-state index is 0.0277. The molecule has 356 valence electrons. The van der Waals surface area contributed by atoms with Crippen molar-refractivity contribution in [2.24, 2.45) is 0 Å². The van der Waals surface area contributed by atoms with Gasteiger partial charge >= 0.3 is 5.97 Å². The van der Waals surface area contributed by atoms with Gasteiger partial charge in [0.25, 0.3) is 0 Å². The predicted molar refractivity (Wildman–Crippen MR) is 268 cm³/mol. The zero-order valence-corrected chi connectivity index (χ0v) is 40.5. The van der Waals surface area contributed by atoms with Crippen LogP contribution in [0, 0.1) is 0 Å². The first-order valence-corrected chi connectivity index (χ1v) is 25.8. The van der Waals surface area contributed by atoms with Crippen LogP contribution in [0.5, 0.6) is 0 Å². The molecule has 0 rings (SSSR count). The molecule has 0 aromatic rings. The van der Waals surface area contributed by atoms with Crippen LogP contribution in [-0.4, -0.2) is 46.9 Å². The van der Waals surface area contributed by atoms with Crippen LogP contribution in [0.2, 0.25) is 0 Å². The molecule has 0 aliphatic rings. The Labute approximate surface area is 383 Å². The minimum Gasteiger partial charge on any atom is -0.462 e. The van der Waals surface area contributed by atoms with E-state index < -0.39 is 18.2 Å². The molecule has 0 aromatic carbocycles. The van der Waals surface area contributed by atoms with Crippen molar-refractivity contribution in [1.29, 1.82) is 0 Å². The molecule has 0 aromatic heterocycles. The summed E-state index contributed by atoms with van der Waals surface area (Å²) < 4.78 is 5.89. The first-order valence-electron chi connectivity index (χ1n) is 25.8. The van der Waals surface area contributed by atoms with Crippen molar-refractivity contribution in [3.63, 3.8) is 0 Å². The third-order valence-electron chi connectivity index (χ3n) is 11.3. The summed E-state index contributed by atoms with van der Waals surface area (Å²) in [5, 5.41) is 23.8. The second-order valence-electron chi connectivity index (χ2n) is 17.2. The summed E-state index contributed by atoms with van der Waals surface area (Å²) in [6.45, 7) is 6.30. The molecule has 6 heteroatoms. The lowest BCUT2D eigenvalue weighted by molar-refractivity contribution is -0.151. The van der Waals surface area contributed by atoms with Crippen molar-refractivity contribution in [1.82, 2.24) is 5.32 Å². The van der Waals surface area contributed by atoms with Gasteiger partial charge in [0.15, 0.2) is 0 Å². The Balaban J connectivity index is 4.73. The molecule has 6 nitrogen and oxygen atoms in total. The van der Waals surface area contributed by atoms with Crippen LogP contribution in [0.3, 0.4) is 0 Å². The summed E-state index contributed by atoms with van der Waals surface area (Å²) in [6, 6.07) is -0.727. The normalized spacial score (nSPS) is 14.0. The summed E-state index contributed by atoms with van der Waals surface area (Å²) in [5.41, 5.74) is 0. The van der Waals surface area contributed by atoms with Crippen molar-refractivity contribution < 1.29 is 24.5 Å². The van der Waals surface area contributed by atoms with Gasteiger partial charge in [-0.3, -0.25) is 9.59 Å². The molecule has 0 fully saturated rings. The maximum absolute atomic E-state index is 13.2. The van der Waals surface area contributed by atoms with Crippen molar-refractivity contribution in [3.8, 4) is 0 Å². The molecule has 0 aliphatic heterocycles.